The number of carbonyl (C=O) groups excluding carboxylic acids is 1. The molecule has 0 aromatic rings. The first-order chi connectivity index (χ1) is 4.72. The molecule has 0 aromatic heterocycles. The average molecular weight is 145 g/mol. The van der Waals surface area contributed by atoms with Crippen LogP contribution in [0.3, 0.4) is 0 Å². The second-order valence-electron chi connectivity index (χ2n) is 2.32. The van der Waals surface area contributed by atoms with Crippen molar-refractivity contribution in [2.75, 3.05) is 27.3 Å². The van der Waals surface area contributed by atoms with Gasteiger partial charge in [-0.25, -0.2) is 0 Å². The fourth-order valence-electron chi connectivity index (χ4n) is 0.768. The topological polar surface area (TPSA) is 38.3 Å². The van der Waals surface area contributed by atoms with Gasteiger partial charge in [-0.1, -0.05) is 0 Å². The molecular weight excluding hydrogens is 130 g/mol. The molecule has 1 atom stereocenters. The Morgan fingerprint density at radius 2 is 2.30 bits per heavy atom. The van der Waals surface area contributed by atoms with Crippen LogP contribution in [-0.2, 0) is 9.53 Å². The van der Waals surface area contributed by atoms with Crippen molar-refractivity contribution in [1.29, 1.82) is 0 Å². The smallest absolute Gasteiger partial charge is 0.136 e. The highest BCUT2D eigenvalue weighted by molar-refractivity contribution is 5.78. The van der Waals surface area contributed by atoms with E-state index in [0.29, 0.717) is 13.2 Å². The van der Waals surface area contributed by atoms with E-state index >= 15 is 0 Å². The van der Waals surface area contributed by atoms with Crippen molar-refractivity contribution in [3.05, 3.63) is 0 Å². The van der Waals surface area contributed by atoms with Gasteiger partial charge in [0.05, 0.1) is 12.5 Å². The van der Waals surface area contributed by atoms with E-state index in [-0.39, 0.29) is 11.7 Å². The molecule has 0 fully saturated rings. The van der Waals surface area contributed by atoms with Crippen LogP contribution in [0.5, 0.6) is 0 Å². The first kappa shape index (κ1) is 9.59. The standard InChI is InChI=1S/C7H15NO2/c1-6(9)7(4-8-2)5-10-3/h7-8H,4-5H2,1-3H3. The highest BCUT2D eigenvalue weighted by atomic mass is 16.5. The van der Waals surface area contributed by atoms with Gasteiger partial charge in [0.15, 0.2) is 0 Å². The number of carbonyl (C=O) groups is 1. The molecule has 0 spiro atoms. The molecule has 0 aliphatic carbocycles. The second kappa shape index (κ2) is 5.38. The van der Waals surface area contributed by atoms with E-state index in [9.17, 15) is 4.79 Å². The van der Waals surface area contributed by atoms with Gasteiger partial charge in [0.1, 0.15) is 5.78 Å². The van der Waals surface area contributed by atoms with E-state index in [4.69, 9.17) is 4.74 Å². The molecule has 1 unspecified atom stereocenters. The third-order valence-electron chi connectivity index (χ3n) is 1.39. The summed E-state index contributed by atoms with van der Waals surface area (Å²) in [4.78, 5) is 10.8. The summed E-state index contributed by atoms with van der Waals surface area (Å²) in [7, 11) is 3.43. The zero-order valence-electron chi connectivity index (χ0n) is 6.81. The molecule has 3 nitrogen and oxygen atoms in total. The summed E-state index contributed by atoms with van der Waals surface area (Å²) in [6.07, 6.45) is 0. The van der Waals surface area contributed by atoms with Gasteiger partial charge in [-0.15, -0.1) is 0 Å². The number of ether oxygens (including phenoxy) is 1. The van der Waals surface area contributed by atoms with Crippen LogP contribution < -0.4 is 5.32 Å². The fourth-order valence-corrected chi connectivity index (χ4v) is 0.768. The molecule has 0 rings (SSSR count). The minimum absolute atomic E-state index is 0.00926. The summed E-state index contributed by atoms with van der Waals surface area (Å²) in [5.41, 5.74) is 0. The number of hydrogen-bond donors (Lipinski definition) is 1. The lowest BCUT2D eigenvalue weighted by atomic mass is 10.1. The van der Waals surface area contributed by atoms with Crippen LogP contribution in [0.1, 0.15) is 6.92 Å². The Bertz CT molecular complexity index is 97.8. The highest BCUT2D eigenvalue weighted by Gasteiger charge is 2.11. The third-order valence-corrected chi connectivity index (χ3v) is 1.39. The number of ketones is 1. The maximum atomic E-state index is 10.8. The van der Waals surface area contributed by atoms with Gasteiger partial charge >= 0.3 is 0 Å². The monoisotopic (exact) mass is 145 g/mol. The van der Waals surface area contributed by atoms with Crippen molar-refractivity contribution < 1.29 is 9.53 Å². The van der Waals surface area contributed by atoms with Crippen molar-refractivity contribution in [2.45, 2.75) is 6.92 Å². The van der Waals surface area contributed by atoms with Crippen molar-refractivity contribution in [3.63, 3.8) is 0 Å². The van der Waals surface area contributed by atoms with Crippen LogP contribution in [0.15, 0.2) is 0 Å². The number of methoxy groups -OCH3 is 1. The maximum absolute atomic E-state index is 10.8. The average Bonchev–Trinajstić information content (AvgIpc) is 1.87. The molecule has 3 heteroatoms. The molecule has 1 N–H and O–H groups in total. The first-order valence-electron chi connectivity index (χ1n) is 3.36. The van der Waals surface area contributed by atoms with Crippen LogP contribution >= 0.6 is 0 Å². The van der Waals surface area contributed by atoms with Crippen molar-refractivity contribution in [2.24, 2.45) is 5.92 Å². The van der Waals surface area contributed by atoms with E-state index in [1.807, 2.05) is 7.05 Å². The molecule has 0 radical (unpaired) electrons. The van der Waals surface area contributed by atoms with Gasteiger partial charge in [0.25, 0.3) is 0 Å². The van der Waals surface area contributed by atoms with E-state index in [0.717, 1.165) is 0 Å². The molecule has 0 saturated heterocycles. The molecule has 0 amide bonds. The van der Waals surface area contributed by atoms with Crippen LogP contribution in [0.25, 0.3) is 0 Å². The number of nitrogens with one attached hydrogen (secondary N) is 1. The predicted octanol–water partition coefficient (Wildman–Crippen LogP) is 0.0574. The summed E-state index contributed by atoms with van der Waals surface area (Å²) in [5, 5.41) is 2.93. The number of Topliss-reactive ketones (excluding diaryl/α,β-unsaturated/α-hetero) is 1. The molecule has 10 heavy (non-hydrogen) atoms. The van der Waals surface area contributed by atoms with Crippen LogP contribution in [-0.4, -0.2) is 33.1 Å². The summed E-state index contributed by atoms with van der Waals surface area (Å²) in [5.74, 6) is 0.186. The van der Waals surface area contributed by atoms with Gasteiger partial charge in [-0.3, -0.25) is 4.79 Å². The van der Waals surface area contributed by atoms with E-state index in [1.165, 1.54) is 0 Å². The zero-order chi connectivity index (χ0) is 7.98. The predicted molar refractivity (Wildman–Crippen MR) is 40.0 cm³/mol. The van der Waals surface area contributed by atoms with Crippen molar-refractivity contribution >= 4 is 5.78 Å². The van der Waals surface area contributed by atoms with Crippen molar-refractivity contribution in [3.8, 4) is 0 Å². The Morgan fingerprint density at radius 1 is 1.70 bits per heavy atom. The van der Waals surface area contributed by atoms with E-state index in [1.54, 1.807) is 14.0 Å². The SMILES string of the molecule is CNCC(COC)C(C)=O. The fraction of sp³-hybridized carbons (Fsp3) is 0.857. The lowest BCUT2D eigenvalue weighted by molar-refractivity contribution is -0.122. The molecule has 0 saturated carbocycles. The zero-order valence-corrected chi connectivity index (χ0v) is 6.81. The Kier molecular flexibility index (Phi) is 5.16. The third kappa shape index (κ3) is 3.58. The first-order valence-corrected chi connectivity index (χ1v) is 3.36. The molecule has 0 aliphatic rings. The quantitative estimate of drug-likeness (QED) is 0.594. The summed E-state index contributed by atoms with van der Waals surface area (Å²) in [6.45, 7) is 2.79. The molecule has 0 bridgehead atoms. The Hall–Kier alpha value is -0.410. The van der Waals surface area contributed by atoms with E-state index in [2.05, 4.69) is 5.32 Å². The highest BCUT2D eigenvalue weighted by Crippen LogP contribution is 1.95. The van der Waals surface area contributed by atoms with Crippen LogP contribution in [0.4, 0.5) is 0 Å². The Morgan fingerprint density at radius 3 is 2.60 bits per heavy atom. The van der Waals surface area contributed by atoms with Gasteiger partial charge < -0.3 is 10.1 Å². The van der Waals surface area contributed by atoms with Gasteiger partial charge in [0, 0.05) is 13.7 Å². The largest absolute Gasteiger partial charge is 0.384 e. The molecule has 0 aromatic carbocycles. The summed E-state index contributed by atoms with van der Waals surface area (Å²) in [6, 6.07) is 0. The van der Waals surface area contributed by atoms with Gasteiger partial charge in [0.2, 0.25) is 0 Å². The summed E-state index contributed by atoms with van der Waals surface area (Å²) < 4.78 is 4.86. The lowest BCUT2D eigenvalue weighted by Gasteiger charge is -2.10. The molecule has 0 aliphatic heterocycles. The normalized spacial score (nSPS) is 13.1. The van der Waals surface area contributed by atoms with Crippen LogP contribution in [0.2, 0.25) is 0 Å². The summed E-state index contributed by atoms with van der Waals surface area (Å²) >= 11 is 0. The molecular formula is C7H15NO2. The van der Waals surface area contributed by atoms with Gasteiger partial charge in [-0.05, 0) is 14.0 Å². The van der Waals surface area contributed by atoms with E-state index < -0.39 is 0 Å². The Labute approximate surface area is 61.8 Å². The number of hydrogen-bond acceptors (Lipinski definition) is 3. The minimum Gasteiger partial charge on any atom is -0.384 e. The second-order valence-corrected chi connectivity index (χ2v) is 2.32. The lowest BCUT2D eigenvalue weighted by Crippen LogP contribution is -2.28. The molecule has 0 heterocycles. The number of rotatable bonds is 5. The maximum Gasteiger partial charge on any atom is 0.136 e. The molecule has 60 valence electrons. The van der Waals surface area contributed by atoms with Gasteiger partial charge in [-0.2, -0.15) is 0 Å². The Balaban J connectivity index is 3.61. The van der Waals surface area contributed by atoms with Crippen LogP contribution in [0, 0.1) is 5.92 Å². The minimum atomic E-state index is 0.00926. The van der Waals surface area contributed by atoms with Crippen molar-refractivity contribution in [1.82, 2.24) is 5.32 Å².